The first-order valence-corrected chi connectivity index (χ1v) is 6.57. The molecule has 0 fully saturated rings. The average molecular weight is 236 g/mol. The molecule has 1 unspecified atom stereocenters. The monoisotopic (exact) mass is 236 g/mol. The highest BCUT2D eigenvalue weighted by Crippen LogP contribution is 2.16. The van der Waals surface area contributed by atoms with E-state index in [1.54, 1.807) is 7.11 Å². The predicted molar refractivity (Wildman–Crippen MR) is 72.6 cm³/mol. The van der Waals surface area contributed by atoms with Crippen LogP contribution in [-0.4, -0.2) is 18.1 Å². The van der Waals surface area contributed by atoms with Gasteiger partial charge in [0.2, 0.25) is 5.88 Å². The number of unbranched alkanes of at least 4 members (excludes halogenated alkanes) is 1. The summed E-state index contributed by atoms with van der Waals surface area (Å²) in [5, 5.41) is 3.50. The topological polar surface area (TPSA) is 34.1 Å². The molecule has 1 heterocycles. The second kappa shape index (κ2) is 7.93. The van der Waals surface area contributed by atoms with Crippen LogP contribution in [-0.2, 0) is 0 Å². The lowest BCUT2D eigenvalue weighted by molar-refractivity contribution is 0.398. The minimum atomic E-state index is 0.527. The molecule has 1 rings (SSSR count). The molecule has 0 saturated carbocycles. The molecular formula is C14H24N2O. The lowest BCUT2D eigenvalue weighted by Gasteiger charge is -2.18. The van der Waals surface area contributed by atoms with Gasteiger partial charge in [0.15, 0.2) is 0 Å². The van der Waals surface area contributed by atoms with Crippen LogP contribution >= 0.6 is 0 Å². The number of hydrogen-bond acceptors (Lipinski definition) is 3. The molecule has 0 spiro atoms. The van der Waals surface area contributed by atoms with Gasteiger partial charge in [0.05, 0.1) is 7.11 Å². The summed E-state index contributed by atoms with van der Waals surface area (Å²) < 4.78 is 5.13. The van der Waals surface area contributed by atoms with Gasteiger partial charge in [0, 0.05) is 12.1 Å². The van der Waals surface area contributed by atoms with Crippen LogP contribution in [0.2, 0.25) is 0 Å². The number of methoxy groups -OCH3 is 1. The lowest BCUT2D eigenvalue weighted by atomic mass is 10.1. The highest BCUT2D eigenvalue weighted by molar-refractivity contribution is 5.38. The van der Waals surface area contributed by atoms with Gasteiger partial charge in [-0.1, -0.05) is 39.2 Å². The van der Waals surface area contributed by atoms with Crippen LogP contribution in [0.1, 0.15) is 46.0 Å². The second-order valence-electron chi connectivity index (χ2n) is 4.34. The summed E-state index contributed by atoms with van der Waals surface area (Å²) in [5.74, 6) is 1.58. The number of anilines is 1. The van der Waals surface area contributed by atoms with Gasteiger partial charge in [0.25, 0.3) is 0 Å². The first kappa shape index (κ1) is 13.8. The number of hydrogen-bond donors (Lipinski definition) is 1. The van der Waals surface area contributed by atoms with Gasteiger partial charge >= 0.3 is 0 Å². The van der Waals surface area contributed by atoms with Crippen molar-refractivity contribution in [2.75, 3.05) is 12.4 Å². The van der Waals surface area contributed by atoms with E-state index in [1.807, 2.05) is 18.2 Å². The van der Waals surface area contributed by atoms with E-state index in [0.717, 1.165) is 5.82 Å². The fourth-order valence-electron chi connectivity index (χ4n) is 1.91. The number of rotatable bonds is 8. The Morgan fingerprint density at radius 1 is 1.24 bits per heavy atom. The highest BCUT2D eigenvalue weighted by Gasteiger charge is 2.08. The Bertz CT molecular complexity index is 315. The summed E-state index contributed by atoms with van der Waals surface area (Å²) in [6, 6.07) is 6.36. The van der Waals surface area contributed by atoms with E-state index >= 15 is 0 Å². The molecule has 0 aliphatic carbocycles. The molecule has 1 N–H and O–H groups in total. The van der Waals surface area contributed by atoms with E-state index < -0.39 is 0 Å². The Morgan fingerprint density at radius 2 is 2.06 bits per heavy atom. The number of pyridine rings is 1. The first-order chi connectivity index (χ1) is 8.30. The minimum Gasteiger partial charge on any atom is -0.481 e. The Morgan fingerprint density at radius 3 is 2.71 bits per heavy atom. The Hall–Kier alpha value is -1.25. The number of nitrogens with one attached hydrogen (secondary N) is 1. The largest absolute Gasteiger partial charge is 0.481 e. The summed E-state index contributed by atoms with van der Waals surface area (Å²) >= 11 is 0. The first-order valence-electron chi connectivity index (χ1n) is 6.57. The molecule has 0 aromatic carbocycles. The zero-order valence-electron chi connectivity index (χ0n) is 11.2. The molecule has 1 aromatic heterocycles. The minimum absolute atomic E-state index is 0.527. The van der Waals surface area contributed by atoms with Crippen molar-refractivity contribution in [3.8, 4) is 5.88 Å². The van der Waals surface area contributed by atoms with Crippen molar-refractivity contribution < 1.29 is 4.74 Å². The average Bonchev–Trinajstić information content (AvgIpc) is 2.36. The summed E-state index contributed by atoms with van der Waals surface area (Å²) in [4.78, 5) is 4.39. The quantitative estimate of drug-likeness (QED) is 0.744. The molecule has 0 aliphatic rings. The Kier molecular flexibility index (Phi) is 6.45. The smallest absolute Gasteiger partial charge is 0.214 e. The molecule has 0 radical (unpaired) electrons. The Labute approximate surface area is 105 Å². The van der Waals surface area contributed by atoms with Crippen molar-refractivity contribution in [3.63, 3.8) is 0 Å². The van der Waals surface area contributed by atoms with Gasteiger partial charge in [-0.3, -0.25) is 0 Å². The molecule has 1 atom stereocenters. The van der Waals surface area contributed by atoms with Crippen molar-refractivity contribution in [1.29, 1.82) is 0 Å². The van der Waals surface area contributed by atoms with Crippen molar-refractivity contribution in [1.82, 2.24) is 4.98 Å². The maximum absolute atomic E-state index is 5.13. The molecule has 3 heteroatoms. The fourth-order valence-corrected chi connectivity index (χ4v) is 1.91. The van der Waals surface area contributed by atoms with Crippen LogP contribution in [0.3, 0.4) is 0 Å². The third-order valence-electron chi connectivity index (χ3n) is 2.83. The van der Waals surface area contributed by atoms with E-state index in [9.17, 15) is 0 Å². The van der Waals surface area contributed by atoms with Crippen LogP contribution in [0, 0.1) is 0 Å². The van der Waals surface area contributed by atoms with Gasteiger partial charge in [-0.2, -0.15) is 4.98 Å². The third-order valence-corrected chi connectivity index (χ3v) is 2.83. The molecule has 17 heavy (non-hydrogen) atoms. The van der Waals surface area contributed by atoms with Crippen LogP contribution in [0.15, 0.2) is 18.2 Å². The van der Waals surface area contributed by atoms with Gasteiger partial charge in [-0.15, -0.1) is 0 Å². The molecule has 1 aromatic rings. The summed E-state index contributed by atoms with van der Waals surface area (Å²) in [6.07, 6.45) is 6.11. The van der Waals surface area contributed by atoms with Gasteiger partial charge < -0.3 is 10.1 Å². The molecule has 0 saturated heterocycles. The molecular weight excluding hydrogens is 212 g/mol. The zero-order chi connectivity index (χ0) is 12.5. The van der Waals surface area contributed by atoms with Crippen molar-refractivity contribution in [2.24, 2.45) is 0 Å². The van der Waals surface area contributed by atoms with Crippen molar-refractivity contribution in [3.05, 3.63) is 18.2 Å². The molecule has 3 nitrogen and oxygen atoms in total. The standard InChI is InChI=1S/C14H24N2O/c1-4-6-9-12(8-5-2)15-13-10-7-11-14(16-13)17-3/h7,10-12H,4-6,8-9H2,1-3H3,(H,15,16). The maximum Gasteiger partial charge on any atom is 0.214 e. The second-order valence-corrected chi connectivity index (χ2v) is 4.34. The normalized spacial score (nSPS) is 12.2. The number of ether oxygens (including phenoxy) is 1. The van der Waals surface area contributed by atoms with E-state index in [0.29, 0.717) is 11.9 Å². The molecule has 0 bridgehead atoms. The summed E-state index contributed by atoms with van der Waals surface area (Å²) in [7, 11) is 1.65. The van der Waals surface area contributed by atoms with E-state index in [2.05, 4.69) is 24.1 Å². The molecule has 96 valence electrons. The van der Waals surface area contributed by atoms with E-state index in [-0.39, 0.29) is 0 Å². The zero-order valence-corrected chi connectivity index (χ0v) is 11.2. The molecule has 0 aliphatic heterocycles. The SMILES string of the molecule is CCCCC(CCC)Nc1cccc(OC)n1. The van der Waals surface area contributed by atoms with E-state index in [1.165, 1.54) is 32.1 Å². The van der Waals surface area contributed by atoms with Crippen LogP contribution in [0.4, 0.5) is 5.82 Å². The van der Waals surface area contributed by atoms with Gasteiger partial charge in [-0.25, -0.2) is 0 Å². The highest BCUT2D eigenvalue weighted by atomic mass is 16.5. The van der Waals surface area contributed by atoms with Crippen LogP contribution in [0.5, 0.6) is 5.88 Å². The molecule has 0 amide bonds. The number of aromatic nitrogens is 1. The van der Waals surface area contributed by atoms with Crippen LogP contribution < -0.4 is 10.1 Å². The van der Waals surface area contributed by atoms with Gasteiger partial charge in [0.1, 0.15) is 5.82 Å². The summed E-state index contributed by atoms with van der Waals surface area (Å²) in [5.41, 5.74) is 0. The number of nitrogens with zero attached hydrogens (tertiary/aromatic N) is 1. The Balaban J connectivity index is 2.57. The predicted octanol–water partition coefficient (Wildman–Crippen LogP) is 3.86. The third kappa shape index (κ3) is 5.07. The van der Waals surface area contributed by atoms with Gasteiger partial charge in [-0.05, 0) is 18.9 Å². The van der Waals surface area contributed by atoms with Crippen molar-refractivity contribution >= 4 is 5.82 Å². The van der Waals surface area contributed by atoms with Crippen molar-refractivity contribution in [2.45, 2.75) is 52.0 Å². The summed E-state index contributed by atoms with van der Waals surface area (Å²) in [6.45, 7) is 4.45. The fraction of sp³-hybridized carbons (Fsp3) is 0.643. The maximum atomic E-state index is 5.13. The lowest BCUT2D eigenvalue weighted by Crippen LogP contribution is -2.19. The van der Waals surface area contributed by atoms with Crippen LogP contribution in [0.25, 0.3) is 0 Å². The van der Waals surface area contributed by atoms with E-state index in [4.69, 9.17) is 4.74 Å².